The molecule has 0 aliphatic heterocycles. The summed E-state index contributed by atoms with van der Waals surface area (Å²) >= 11 is 0. The number of nitrogens with zero attached hydrogens (tertiary/aromatic N) is 1. The first kappa shape index (κ1) is 10.8. The number of aromatic nitrogens is 2. The van der Waals surface area contributed by atoms with Gasteiger partial charge in [-0.2, -0.15) is 0 Å². The standard InChI is InChI=1S/C15H20N2/c1-15(2,3)10-4-5-13-11(8-10)12-9-16-7-6-14(12)17-13/h6-7,9-10,17H,4-5,8H2,1-3H3/t10-/m1/s1. The Kier molecular flexibility index (Phi) is 2.29. The lowest BCUT2D eigenvalue weighted by atomic mass is 9.71. The number of aromatic amines is 1. The molecule has 1 N–H and O–H groups in total. The van der Waals surface area contributed by atoms with Crippen LogP contribution in [0.2, 0.25) is 0 Å². The largest absolute Gasteiger partial charge is 0.358 e. The van der Waals surface area contributed by atoms with Crippen molar-refractivity contribution in [3.05, 3.63) is 29.7 Å². The Morgan fingerprint density at radius 1 is 1.35 bits per heavy atom. The van der Waals surface area contributed by atoms with Crippen LogP contribution in [0.1, 0.15) is 38.4 Å². The number of hydrogen-bond donors (Lipinski definition) is 1. The average Bonchev–Trinajstić information content (AvgIpc) is 2.65. The molecular weight excluding hydrogens is 208 g/mol. The van der Waals surface area contributed by atoms with Crippen molar-refractivity contribution in [2.75, 3.05) is 0 Å². The number of nitrogens with one attached hydrogen (secondary N) is 1. The van der Waals surface area contributed by atoms with Gasteiger partial charge in [0.05, 0.1) is 0 Å². The van der Waals surface area contributed by atoms with E-state index in [2.05, 4.69) is 36.8 Å². The zero-order valence-corrected chi connectivity index (χ0v) is 10.9. The van der Waals surface area contributed by atoms with Crippen molar-refractivity contribution in [3.8, 4) is 0 Å². The van der Waals surface area contributed by atoms with Gasteiger partial charge >= 0.3 is 0 Å². The van der Waals surface area contributed by atoms with Crippen molar-refractivity contribution >= 4 is 10.9 Å². The smallest absolute Gasteiger partial charge is 0.0490 e. The van der Waals surface area contributed by atoms with Gasteiger partial charge in [-0.15, -0.1) is 0 Å². The number of hydrogen-bond acceptors (Lipinski definition) is 1. The van der Waals surface area contributed by atoms with Crippen molar-refractivity contribution in [1.82, 2.24) is 9.97 Å². The maximum atomic E-state index is 4.26. The highest BCUT2D eigenvalue weighted by molar-refractivity contribution is 5.83. The quantitative estimate of drug-likeness (QED) is 0.731. The molecule has 90 valence electrons. The summed E-state index contributed by atoms with van der Waals surface area (Å²) in [5, 5.41) is 1.33. The molecule has 2 nitrogen and oxygen atoms in total. The first-order valence-corrected chi connectivity index (χ1v) is 6.49. The van der Waals surface area contributed by atoms with Crippen molar-refractivity contribution in [1.29, 1.82) is 0 Å². The maximum absolute atomic E-state index is 4.26. The van der Waals surface area contributed by atoms with Gasteiger partial charge in [0.1, 0.15) is 0 Å². The lowest BCUT2D eigenvalue weighted by Crippen LogP contribution is -2.26. The second-order valence-corrected chi connectivity index (χ2v) is 6.31. The molecular formula is C15H20N2. The van der Waals surface area contributed by atoms with Crippen molar-refractivity contribution in [2.45, 2.75) is 40.0 Å². The molecule has 2 aromatic rings. The van der Waals surface area contributed by atoms with Gasteiger partial charge in [-0.1, -0.05) is 20.8 Å². The highest BCUT2D eigenvalue weighted by Crippen LogP contribution is 2.39. The fraction of sp³-hybridized carbons (Fsp3) is 0.533. The Balaban J connectivity index is 2.06. The summed E-state index contributed by atoms with van der Waals surface area (Å²) in [7, 11) is 0. The molecule has 3 rings (SSSR count). The van der Waals surface area contributed by atoms with E-state index < -0.39 is 0 Å². The Labute approximate surface area is 102 Å². The van der Waals surface area contributed by atoms with Gasteiger partial charge in [0.25, 0.3) is 0 Å². The van der Waals surface area contributed by atoms with E-state index in [1.54, 1.807) is 0 Å². The number of fused-ring (bicyclic) bond motifs is 3. The summed E-state index contributed by atoms with van der Waals surface area (Å²) in [6, 6.07) is 2.08. The molecule has 2 heterocycles. The predicted octanol–water partition coefficient (Wildman–Crippen LogP) is 3.71. The topological polar surface area (TPSA) is 28.7 Å². The number of aryl methyl sites for hydroxylation is 1. The monoisotopic (exact) mass is 228 g/mol. The summed E-state index contributed by atoms with van der Waals surface area (Å²) in [6.07, 6.45) is 7.56. The lowest BCUT2D eigenvalue weighted by Gasteiger charge is -2.33. The highest BCUT2D eigenvalue weighted by Gasteiger charge is 2.30. The first-order chi connectivity index (χ1) is 8.05. The third-order valence-electron chi connectivity index (χ3n) is 4.21. The van der Waals surface area contributed by atoms with Crippen LogP contribution in [0.15, 0.2) is 18.5 Å². The Morgan fingerprint density at radius 3 is 2.94 bits per heavy atom. The van der Waals surface area contributed by atoms with Crippen LogP contribution in [0.4, 0.5) is 0 Å². The molecule has 0 saturated carbocycles. The molecule has 1 aliphatic rings. The van der Waals surface area contributed by atoms with Gasteiger partial charge in [-0.25, -0.2) is 0 Å². The summed E-state index contributed by atoms with van der Waals surface area (Å²) in [5.74, 6) is 0.786. The minimum Gasteiger partial charge on any atom is -0.358 e. The molecule has 1 atom stereocenters. The van der Waals surface area contributed by atoms with Crippen LogP contribution in [0.5, 0.6) is 0 Å². The normalized spacial score (nSPS) is 20.5. The zero-order chi connectivity index (χ0) is 12.0. The molecule has 0 bridgehead atoms. The number of rotatable bonds is 0. The van der Waals surface area contributed by atoms with Gasteiger partial charge in [0.2, 0.25) is 0 Å². The summed E-state index contributed by atoms with van der Waals surface area (Å²) < 4.78 is 0. The average molecular weight is 228 g/mol. The van der Waals surface area contributed by atoms with Crippen LogP contribution in [-0.4, -0.2) is 9.97 Å². The third kappa shape index (κ3) is 1.76. The van der Waals surface area contributed by atoms with Crippen molar-refractivity contribution < 1.29 is 0 Å². The van der Waals surface area contributed by atoms with E-state index in [0.717, 1.165) is 5.92 Å². The molecule has 0 spiro atoms. The van der Waals surface area contributed by atoms with Gasteiger partial charge in [-0.3, -0.25) is 4.98 Å². The fourth-order valence-corrected chi connectivity index (χ4v) is 3.00. The fourth-order valence-electron chi connectivity index (χ4n) is 3.00. The predicted molar refractivity (Wildman–Crippen MR) is 71.1 cm³/mol. The molecule has 2 aromatic heterocycles. The van der Waals surface area contributed by atoms with E-state index in [4.69, 9.17) is 0 Å². The molecule has 0 aromatic carbocycles. The molecule has 0 radical (unpaired) electrons. The van der Waals surface area contributed by atoms with E-state index in [-0.39, 0.29) is 0 Å². The van der Waals surface area contributed by atoms with E-state index in [1.807, 2.05) is 12.4 Å². The molecule has 0 amide bonds. The first-order valence-electron chi connectivity index (χ1n) is 6.49. The minimum atomic E-state index is 0.406. The van der Waals surface area contributed by atoms with Crippen LogP contribution in [-0.2, 0) is 12.8 Å². The third-order valence-corrected chi connectivity index (χ3v) is 4.21. The summed E-state index contributed by atoms with van der Waals surface area (Å²) in [5.41, 5.74) is 4.61. The Bertz CT molecular complexity index is 546. The van der Waals surface area contributed by atoms with Gasteiger partial charge in [-0.05, 0) is 42.2 Å². The summed E-state index contributed by atoms with van der Waals surface area (Å²) in [6.45, 7) is 7.07. The van der Waals surface area contributed by atoms with E-state index in [9.17, 15) is 0 Å². The van der Waals surface area contributed by atoms with Crippen LogP contribution in [0.3, 0.4) is 0 Å². The lowest BCUT2D eigenvalue weighted by molar-refractivity contribution is 0.216. The van der Waals surface area contributed by atoms with E-state index in [1.165, 1.54) is 41.4 Å². The number of H-pyrrole nitrogens is 1. The highest BCUT2D eigenvalue weighted by atomic mass is 14.7. The van der Waals surface area contributed by atoms with Crippen molar-refractivity contribution in [2.24, 2.45) is 11.3 Å². The Morgan fingerprint density at radius 2 is 2.18 bits per heavy atom. The number of pyridine rings is 1. The molecule has 2 heteroatoms. The van der Waals surface area contributed by atoms with Crippen LogP contribution in [0, 0.1) is 11.3 Å². The van der Waals surface area contributed by atoms with Gasteiger partial charge < -0.3 is 4.98 Å². The van der Waals surface area contributed by atoms with E-state index >= 15 is 0 Å². The maximum Gasteiger partial charge on any atom is 0.0490 e. The Hall–Kier alpha value is -1.31. The molecule has 0 saturated heterocycles. The van der Waals surface area contributed by atoms with Crippen LogP contribution in [0.25, 0.3) is 10.9 Å². The zero-order valence-electron chi connectivity index (χ0n) is 10.9. The van der Waals surface area contributed by atoms with Gasteiger partial charge in [0, 0.05) is 29.0 Å². The second-order valence-electron chi connectivity index (χ2n) is 6.31. The molecule has 1 aliphatic carbocycles. The summed E-state index contributed by atoms with van der Waals surface area (Å²) in [4.78, 5) is 7.81. The van der Waals surface area contributed by atoms with Crippen LogP contribution >= 0.6 is 0 Å². The second kappa shape index (κ2) is 3.59. The molecule has 0 unspecified atom stereocenters. The van der Waals surface area contributed by atoms with E-state index in [0.29, 0.717) is 5.41 Å². The minimum absolute atomic E-state index is 0.406. The van der Waals surface area contributed by atoms with Crippen LogP contribution < -0.4 is 0 Å². The molecule has 17 heavy (non-hydrogen) atoms. The van der Waals surface area contributed by atoms with Crippen molar-refractivity contribution in [3.63, 3.8) is 0 Å². The molecule has 0 fully saturated rings. The SMILES string of the molecule is CC(C)(C)[C@@H]1CCc2[nH]c3ccncc3c2C1. The van der Waals surface area contributed by atoms with Gasteiger partial charge in [0.15, 0.2) is 0 Å².